The molecule has 2 heteroatoms. The lowest BCUT2D eigenvalue weighted by Gasteiger charge is -2.61. The predicted octanol–water partition coefficient (Wildman–Crippen LogP) is 9.96. The Morgan fingerprint density at radius 3 is 2.15 bits per heavy atom. The van der Waals surface area contributed by atoms with E-state index in [9.17, 15) is 0 Å². The maximum atomic E-state index is 6.64. The Hall–Kier alpha value is 0.177. The molecule has 4 rings (SSSR count). The Bertz CT molecular complexity index is 681. The third-order valence-corrected chi connectivity index (χ3v) is 13.4. The molecule has 0 amide bonds. The number of fused-ring (bicyclic) bond motifs is 5. The highest BCUT2D eigenvalue weighted by Crippen LogP contribution is 2.68. The van der Waals surface area contributed by atoms with E-state index in [1.807, 2.05) is 0 Å². The first-order valence-electron chi connectivity index (χ1n) is 15.6. The van der Waals surface area contributed by atoms with Crippen LogP contribution in [0.5, 0.6) is 0 Å². The fourth-order valence-corrected chi connectivity index (χ4v) is 11.7. The van der Waals surface area contributed by atoms with Gasteiger partial charge < -0.3 is 4.43 Å². The van der Waals surface area contributed by atoms with Crippen molar-refractivity contribution in [1.29, 1.82) is 0 Å². The van der Waals surface area contributed by atoms with E-state index in [-0.39, 0.29) is 0 Å². The van der Waals surface area contributed by atoms with Gasteiger partial charge >= 0.3 is 0 Å². The third-order valence-electron chi connectivity index (χ3n) is 12.4. The van der Waals surface area contributed by atoms with E-state index in [0.717, 1.165) is 47.3 Å². The van der Waals surface area contributed by atoms with Gasteiger partial charge in [0.25, 0.3) is 0 Å². The van der Waals surface area contributed by atoms with Crippen molar-refractivity contribution in [3.05, 3.63) is 0 Å². The summed E-state index contributed by atoms with van der Waals surface area (Å²) in [7, 11) is -1.43. The first kappa shape index (κ1) is 27.2. The van der Waals surface area contributed by atoms with E-state index in [4.69, 9.17) is 4.43 Å². The number of rotatable bonds is 8. The minimum Gasteiger partial charge on any atom is -0.415 e. The maximum Gasteiger partial charge on any atom is 0.184 e. The second kappa shape index (κ2) is 10.1. The van der Waals surface area contributed by atoms with Gasteiger partial charge in [0.1, 0.15) is 0 Å². The molecule has 198 valence electrons. The van der Waals surface area contributed by atoms with Crippen LogP contribution in [0.4, 0.5) is 0 Å². The lowest BCUT2D eigenvalue weighted by molar-refractivity contribution is -0.127. The lowest BCUT2D eigenvalue weighted by atomic mass is 9.44. The van der Waals surface area contributed by atoms with E-state index >= 15 is 0 Å². The predicted molar refractivity (Wildman–Crippen MR) is 150 cm³/mol. The topological polar surface area (TPSA) is 9.23 Å². The van der Waals surface area contributed by atoms with Crippen molar-refractivity contribution < 1.29 is 4.43 Å². The van der Waals surface area contributed by atoms with Crippen molar-refractivity contribution in [3.8, 4) is 0 Å². The fourth-order valence-electron chi connectivity index (χ4n) is 10.5. The average molecular weight is 489 g/mol. The summed E-state index contributed by atoms with van der Waals surface area (Å²) >= 11 is 0. The molecule has 0 aliphatic heterocycles. The van der Waals surface area contributed by atoms with Crippen LogP contribution in [0.1, 0.15) is 119 Å². The minimum absolute atomic E-state index is 0.560. The molecule has 4 fully saturated rings. The lowest BCUT2D eigenvalue weighted by Crippen LogP contribution is -2.54. The van der Waals surface area contributed by atoms with E-state index in [2.05, 4.69) is 61.2 Å². The van der Waals surface area contributed by atoms with Gasteiger partial charge in [-0.3, -0.25) is 0 Å². The Morgan fingerprint density at radius 1 is 0.824 bits per heavy atom. The molecular weight excluding hydrogens is 428 g/mol. The Labute approximate surface area is 215 Å². The van der Waals surface area contributed by atoms with Crippen LogP contribution in [0.25, 0.3) is 0 Å². The van der Waals surface area contributed by atoms with Gasteiger partial charge in [-0.25, -0.2) is 0 Å². The SMILES string of the molecule is CC[C@H](CC[C@@H](C)[C@H]1CCC2C3CC[C@@H]4C[C@@H](O[Si](C)(C)C)CC[C@]4(C)C3CC[C@@]21C)C(C)C. The molecule has 0 spiro atoms. The summed E-state index contributed by atoms with van der Waals surface area (Å²) in [6.45, 7) is 22.5. The van der Waals surface area contributed by atoms with Crippen LogP contribution in [0.3, 0.4) is 0 Å². The van der Waals surface area contributed by atoms with Gasteiger partial charge in [0.15, 0.2) is 8.32 Å². The van der Waals surface area contributed by atoms with Crippen LogP contribution >= 0.6 is 0 Å². The molecule has 0 bridgehead atoms. The van der Waals surface area contributed by atoms with Gasteiger partial charge in [-0.05, 0) is 142 Å². The third kappa shape index (κ3) is 5.12. The van der Waals surface area contributed by atoms with Gasteiger partial charge in [0, 0.05) is 6.10 Å². The second-order valence-corrected chi connectivity index (χ2v) is 19.9. The molecule has 4 aliphatic carbocycles. The van der Waals surface area contributed by atoms with Crippen LogP contribution in [0.2, 0.25) is 19.6 Å². The van der Waals surface area contributed by atoms with Gasteiger partial charge in [-0.15, -0.1) is 0 Å². The Kier molecular flexibility index (Phi) is 8.12. The van der Waals surface area contributed by atoms with E-state index in [0.29, 0.717) is 16.9 Å². The smallest absolute Gasteiger partial charge is 0.184 e. The number of hydrogen-bond acceptors (Lipinski definition) is 1. The molecule has 1 nitrogen and oxygen atoms in total. The van der Waals surface area contributed by atoms with Crippen molar-refractivity contribution in [3.63, 3.8) is 0 Å². The first-order chi connectivity index (χ1) is 15.9. The summed E-state index contributed by atoms with van der Waals surface area (Å²) < 4.78 is 6.64. The molecule has 0 aromatic rings. The van der Waals surface area contributed by atoms with Crippen molar-refractivity contribution in [2.24, 2.45) is 58.2 Å². The average Bonchev–Trinajstić information content (AvgIpc) is 3.10. The standard InChI is InChI=1S/C32H60OSi/c1-10-24(22(2)3)12-11-23(4)28-15-16-29-27-14-13-25-21-26(33-34(7,8)9)17-19-31(25,5)30(27)18-20-32(28,29)6/h22-30H,10-21H2,1-9H3/t23-,24-,25-,26+,27?,28-,29?,30?,31+,32-/m1/s1. The maximum absolute atomic E-state index is 6.64. The van der Waals surface area contributed by atoms with Gasteiger partial charge in [-0.1, -0.05) is 54.4 Å². The van der Waals surface area contributed by atoms with Crippen LogP contribution in [-0.4, -0.2) is 14.4 Å². The highest BCUT2D eigenvalue weighted by molar-refractivity contribution is 6.69. The zero-order chi connectivity index (χ0) is 24.9. The highest BCUT2D eigenvalue weighted by atomic mass is 28.4. The van der Waals surface area contributed by atoms with Crippen LogP contribution < -0.4 is 0 Å². The Balaban J connectivity index is 1.42. The summed E-state index contributed by atoms with van der Waals surface area (Å²) in [6.07, 6.45) is 18.1. The van der Waals surface area contributed by atoms with Gasteiger partial charge in [-0.2, -0.15) is 0 Å². The van der Waals surface area contributed by atoms with Crippen molar-refractivity contribution in [1.82, 2.24) is 0 Å². The molecule has 0 aromatic carbocycles. The summed E-state index contributed by atoms with van der Waals surface area (Å²) in [5, 5.41) is 0. The molecule has 0 aromatic heterocycles. The molecular formula is C32H60OSi. The van der Waals surface area contributed by atoms with E-state index in [1.54, 1.807) is 0 Å². The van der Waals surface area contributed by atoms with Crippen molar-refractivity contribution in [2.75, 3.05) is 0 Å². The zero-order valence-corrected chi connectivity index (χ0v) is 25.6. The van der Waals surface area contributed by atoms with Crippen LogP contribution in [0, 0.1) is 58.2 Å². The second-order valence-electron chi connectivity index (χ2n) is 15.5. The van der Waals surface area contributed by atoms with E-state index in [1.165, 1.54) is 77.0 Å². The van der Waals surface area contributed by atoms with Gasteiger partial charge in [0.05, 0.1) is 0 Å². The Morgan fingerprint density at radius 2 is 1.50 bits per heavy atom. The normalized spacial score (nSPS) is 44.3. The zero-order valence-electron chi connectivity index (χ0n) is 24.6. The van der Waals surface area contributed by atoms with Crippen LogP contribution in [-0.2, 0) is 4.43 Å². The summed E-state index contributed by atoms with van der Waals surface area (Å²) in [5.41, 5.74) is 1.22. The summed E-state index contributed by atoms with van der Waals surface area (Å²) in [4.78, 5) is 0. The van der Waals surface area contributed by atoms with Crippen molar-refractivity contribution >= 4 is 8.32 Å². The highest BCUT2D eigenvalue weighted by Gasteiger charge is 2.60. The summed E-state index contributed by atoms with van der Waals surface area (Å²) in [5.74, 6) is 7.63. The van der Waals surface area contributed by atoms with Gasteiger partial charge in [0.2, 0.25) is 0 Å². The fraction of sp³-hybridized carbons (Fsp3) is 1.00. The molecule has 0 N–H and O–H groups in total. The van der Waals surface area contributed by atoms with Crippen molar-refractivity contribution in [2.45, 2.75) is 144 Å². The van der Waals surface area contributed by atoms with E-state index < -0.39 is 8.32 Å². The number of hydrogen-bond donors (Lipinski definition) is 0. The molecule has 0 heterocycles. The molecule has 4 saturated carbocycles. The van der Waals surface area contributed by atoms with Crippen LogP contribution in [0.15, 0.2) is 0 Å². The molecule has 10 atom stereocenters. The molecule has 34 heavy (non-hydrogen) atoms. The molecule has 0 radical (unpaired) electrons. The quantitative estimate of drug-likeness (QED) is 0.309. The first-order valence-corrected chi connectivity index (χ1v) is 19.0. The molecule has 4 aliphatic rings. The summed E-state index contributed by atoms with van der Waals surface area (Å²) in [6, 6.07) is 0. The molecule has 3 unspecified atom stereocenters. The minimum atomic E-state index is -1.43. The monoisotopic (exact) mass is 488 g/mol. The molecule has 0 saturated heterocycles. The largest absolute Gasteiger partial charge is 0.415 e.